The number of hydrogen-bond donors (Lipinski definition) is 2. The van der Waals surface area contributed by atoms with E-state index in [1.165, 1.54) is 0 Å². The molecular weight excluding hydrogens is 390 g/mol. The van der Waals surface area contributed by atoms with Crippen LogP contribution >= 0.6 is 11.6 Å². The lowest BCUT2D eigenvalue weighted by Crippen LogP contribution is -2.42. The zero-order valence-electron chi connectivity index (χ0n) is 17.4. The van der Waals surface area contributed by atoms with Crippen LogP contribution in [0.4, 0.5) is 0 Å². The number of carboxylic acid groups (broad SMARTS) is 1. The second-order valence-corrected chi connectivity index (χ2v) is 7.71. The highest BCUT2D eigenvalue weighted by Gasteiger charge is 2.26. The second-order valence-electron chi connectivity index (χ2n) is 7.30. The summed E-state index contributed by atoms with van der Waals surface area (Å²) in [6.45, 7) is 0. The Balaban J connectivity index is 1.78. The third kappa shape index (κ3) is 5.51. The van der Waals surface area contributed by atoms with Crippen molar-refractivity contribution in [3.63, 3.8) is 0 Å². The van der Waals surface area contributed by atoms with Crippen molar-refractivity contribution in [1.82, 2.24) is 5.32 Å². The molecule has 1 aliphatic carbocycles. The first-order valence-corrected chi connectivity index (χ1v) is 10.2. The molecule has 1 amide bonds. The number of carbonyl (C=O) groups excluding carboxylic acids is 1. The summed E-state index contributed by atoms with van der Waals surface area (Å²) in [7, 11) is 1.58. The molecule has 2 N–H and O–H groups in total. The third-order valence-electron chi connectivity index (χ3n) is 5.29. The summed E-state index contributed by atoms with van der Waals surface area (Å²) in [5.41, 5.74) is 1.81. The molecule has 1 aliphatic rings. The van der Waals surface area contributed by atoms with Crippen LogP contribution in [0.1, 0.15) is 50.3 Å². The lowest BCUT2D eigenvalue weighted by Gasteiger charge is -2.25. The second kappa shape index (κ2) is 9.79. The first-order chi connectivity index (χ1) is 14.3. The lowest BCUT2D eigenvalue weighted by atomic mass is 9.85. The van der Waals surface area contributed by atoms with E-state index in [1.807, 2.05) is 12.1 Å². The molecule has 29 heavy (non-hydrogen) atoms. The van der Waals surface area contributed by atoms with Crippen LogP contribution in [0.2, 0.25) is 5.02 Å². The largest absolute Gasteiger partial charge is 0.497 e. The summed E-state index contributed by atoms with van der Waals surface area (Å²) in [4.78, 5) is 24.6. The molecule has 1 fully saturated rings. The molecular formula is C23H26ClNO4. The van der Waals surface area contributed by atoms with Gasteiger partial charge in [-0.1, -0.05) is 55.8 Å². The highest BCUT2D eigenvalue weighted by atomic mass is 35.5. The van der Waals surface area contributed by atoms with Crippen molar-refractivity contribution in [2.45, 2.75) is 44.6 Å². The minimum Gasteiger partial charge on any atom is -0.497 e. The number of aliphatic carboxylic acids is 1. The Hall–Kier alpha value is -2.53. The summed E-state index contributed by atoms with van der Waals surface area (Å²) in [5, 5.41) is 12.7. The van der Waals surface area contributed by atoms with Crippen molar-refractivity contribution in [1.29, 1.82) is 0 Å². The van der Waals surface area contributed by atoms with E-state index < -0.39 is 23.8 Å². The van der Waals surface area contributed by atoms with Crippen molar-refractivity contribution >= 4 is 23.5 Å². The van der Waals surface area contributed by atoms with E-state index >= 15 is 0 Å². The minimum atomic E-state index is -1.12. The maximum absolute atomic E-state index is 12.8. The van der Waals surface area contributed by atoms with Crippen LogP contribution in [0.5, 0.6) is 5.75 Å². The van der Waals surface area contributed by atoms with Gasteiger partial charge in [-0.2, -0.15) is 0 Å². The average Bonchev–Trinajstić information content (AvgIpc) is 2.74. The lowest BCUT2D eigenvalue weighted by molar-refractivity contribution is -0.139. The number of hydrogen-bond acceptors (Lipinski definition) is 3. The standard InChI is InChI=1S/C23H26ClNO4/c1-29-18-10-7-16(8-11-18)19-14-17(9-12-20(19)24)22(26)25-21(23(27)28)13-15-5-3-2-4-6-15/h7-12,14-15,21H,2-6,13H2,1H3,(H,25,26)(H,27,28)/t21-/m0/s1/i15D. The molecule has 2 aromatic rings. The van der Waals surface area contributed by atoms with Gasteiger partial charge in [0.2, 0.25) is 0 Å². The fourth-order valence-corrected chi connectivity index (χ4v) is 3.87. The number of methoxy groups -OCH3 is 1. The molecule has 1 atom stereocenters. The van der Waals surface area contributed by atoms with E-state index in [9.17, 15) is 14.7 Å². The van der Waals surface area contributed by atoms with Crippen molar-refractivity contribution in [3.05, 3.63) is 53.1 Å². The Morgan fingerprint density at radius 2 is 1.90 bits per heavy atom. The van der Waals surface area contributed by atoms with Crippen LogP contribution in [0.25, 0.3) is 11.1 Å². The van der Waals surface area contributed by atoms with Crippen LogP contribution in [0.15, 0.2) is 42.5 Å². The molecule has 0 bridgehead atoms. The Kier molecular flexibility index (Phi) is 6.67. The van der Waals surface area contributed by atoms with Gasteiger partial charge < -0.3 is 15.2 Å². The molecule has 0 aromatic heterocycles. The number of amides is 1. The number of carboxylic acids is 1. The first kappa shape index (κ1) is 19.8. The average molecular weight is 417 g/mol. The van der Waals surface area contributed by atoms with Crippen LogP contribution in [0.3, 0.4) is 0 Å². The van der Waals surface area contributed by atoms with Crippen LogP contribution in [-0.4, -0.2) is 30.1 Å². The van der Waals surface area contributed by atoms with Crippen molar-refractivity contribution in [2.75, 3.05) is 7.11 Å². The topological polar surface area (TPSA) is 75.6 Å². The molecule has 2 aromatic carbocycles. The maximum Gasteiger partial charge on any atom is 0.326 e. The van der Waals surface area contributed by atoms with Gasteiger partial charge in [-0.3, -0.25) is 4.79 Å². The predicted octanol–water partition coefficient (Wildman–Crippen LogP) is 5.17. The predicted molar refractivity (Wildman–Crippen MR) is 114 cm³/mol. The van der Waals surface area contributed by atoms with Crippen molar-refractivity contribution in [3.8, 4) is 16.9 Å². The molecule has 0 saturated heterocycles. The zero-order valence-corrected chi connectivity index (χ0v) is 17.2. The molecule has 5 nitrogen and oxygen atoms in total. The summed E-state index contributed by atoms with van der Waals surface area (Å²) in [5.74, 6) is -1.71. The highest BCUT2D eigenvalue weighted by molar-refractivity contribution is 6.33. The van der Waals surface area contributed by atoms with Gasteiger partial charge in [0.1, 0.15) is 11.8 Å². The van der Waals surface area contributed by atoms with Gasteiger partial charge in [-0.15, -0.1) is 0 Å². The zero-order chi connectivity index (χ0) is 21.7. The Labute approximate surface area is 177 Å². The normalized spacial score (nSPS) is 17.1. The van der Waals surface area contributed by atoms with Crippen molar-refractivity contribution in [2.24, 2.45) is 5.89 Å². The van der Waals surface area contributed by atoms with E-state index in [0.717, 1.165) is 24.8 Å². The van der Waals surface area contributed by atoms with Gasteiger partial charge >= 0.3 is 5.97 Å². The van der Waals surface area contributed by atoms with E-state index in [-0.39, 0.29) is 6.42 Å². The molecule has 0 radical (unpaired) electrons. The quantitative estimate of drug-likeness (QED) is 0.652. The van der Waals surface area contributed by atoms with E-state index in [0.29, 0.717) is 34.7 Å². The third-order valence-corrected chi connectivity index (χ3v) is 5.62. The summed E-state index contributed by atoms with van der Waals surface area (Å²) < 4.78 is 13.7. The Morgan fingerprint density at radius 3 is 2.52 bits per heavy atom. The minimum absolute atomic E-state index is 0.104. The fraction of sp³-hybridized carbons (Fsp3) is 0.391. The van der Waals surface area contributed by atoms with Gasteiger partial charge in [0.05, 0.1) is 7.11 Å². The number of benzene rings is 2. The number of ether oxygens (including phenoxy) is 1. The summed E-state index contributed by atoms with van der Waals surface area (Å²) in [6.07, 6.45) is 4.35. The van der Waals surface area contributed by atoms with Crippen LogP contribution in [0, 0.1) is 5.89 Å². The van der Waals surface area contributed by atoms with Crippen LogP contribution in [-0.2, 0) is 4.79 Å². The maximum atomic E-state index is 12.8. The number of nitrogens with one attached hydrogen (secondary N) is 1. The van der Waals surface area contributed by atoms with Gasteiger partial charge in [0, 0.05) is 17.5 Å². The molecule has 0 spiro atoms. The molecule has 3 rings (SSSR count). The number of carbonyl (C=O) groups is 2. The van der Waals surface area contributed by atoms with E-state index in [2.05, 4.69) is 5.32 Å². The Morgan fingerprint density at radius 1 is 1.21 bits per heavy atom. The molecule has 0 aliphatic heterocycles. The smallest absolute Gasteiger partial charge is 0.326 e. The Bertz CT molecular complexity index is 910. The fourth-order valence-electron chi connectivity index (χ4n) is 3.64. The molecule has 0 unspecified atom stereocenters. The first-order valence-electron chi connectivity index (χ1n) is 10.3. The SMILES string of the molecule is [2H]C1(C[C@H](NC(=O)c2ccc(Cl)c(-c3ccc(OC)cc3)c2)C(=O)O)CCCCC1. The van der Waals surface area contributed by atoms with E-state index in [4.69, 9.17) is 17.7 Å². The monoisotopic (exact) mass is 416 g/mol. The van der Waals surface area contributed by atoms with Gasteiger partial charge in [0.25, 0.3) is 5.91 Å². The number of rotatable bonds is 7. The van der Waals surface area contributed by atoms with Gasteiger partial charge in [-0.05, 0) is 48.2 Å². The van der Waals surface area contributed by atoms with E-state index in [1.54, 1.807) is 37.4 Å². The molecule has 6 heteroatoms. The number of halogens is 1. The molecule has 154 valence electrons. The summed E-state index contributed by atoms with van der Waals surface area (Å²) >= 11 is 6.33. The highest BCUT2D eigenvalue weighted by Crippen LogP contribution is 2.31. The summed E-state index contributed by atoms with van der Waals surface area (Å²) in [6, 6.07) is 11.0. The van der Waals surface area contributed by atoms with Crippen molar-refractivity contribution < 1.29 is 20.8 Å². The van der Waals surface area contributed by atoms with Crippen LogP contribution < -0.4 is 10.1 Å². The van der Waals surface area contributed by atoms with Gasteiger partial charge in [0.15, 0.2) is 0 Å². The molecule has 0 heterocycles. The van der Waals surface area contributed by atoms with Gasteiger partial charge in [-0.25, -0.2) is 4.79 Å². The molecule has 1 saturated carbocycles.